The molecule has 0 spiro atoms. The second-order valence-electron chi connectivity index (χ2n) is 7.25. The first-order valence-corrected chi connectivity index (χ1v) is 10.5. The number of nitroso groups, excluding NO2 is 1. The normalized spacial score (nSPS) is 13.5. The summed E-state index contributed by atoms with van der Waals surface area (Å²) in [7, 11) is -4.43. The quantitative estimate of drug-likeness (QED) is 0.556. The van der Waals surface area contributed by atoms with E-state index >= 15 is 0 Å². The van der Waals surface area contributed by atoms with Crippen LogP contribution in [0.15, 0.2) is 52.7 Å². The van der Waals surface area contributed by atoms with E-state index in [-0.39, 0.29) is 10.6 Å². The van der Waals surface area contributed by atoms with Crippen LogP contribution in [0, 0.1) is 25.7 Å². The fourth-order valence-electron chi connectivity index (χ4n) is 3.64. The van der Waals surface area contributed by atoms with Gasteiger partial charge < -0.3 is 4.57 Å². The van der Waals surface area contributed by atoms with Crippen molar-refractivity contribution in [2.75, 3.05) is 0 Å². The maximum Gasteiger partial charge on any atom is 0.406 e. The van der Waals surface area contributed by atoms with Crippen LogP contribution in [-0.2, 0) is 16.6 Å². The maximum absolute atomic E-state index is 13.7. The molecule has 1 atom stereocenters. The van der Waals surface area contributed by atoms with Gasteiger partial charge in [0.1, 0.15) is 11.7 Å². The molecule has 0 fully saturated rings. The fourth-order valence-corrected chi connectivity index (χ4v) is 5.31. The van der Waals surface area contributed by atoms with Gasteiger partial charge in [-0.2, -0.15) is 17.9 Å². The zero-order valence-electron chi connectivity index (χ0n) is 16.5. The van der Waals surface area contributed by atoms with Crippen molar-refractivity contribution >= 4 is 26.6 Å². The van der Waals surface area contributed by atoms with E-state index in [1.165, 1.54) is 29.0 Å². The molecule has 3 aromatic rings. The number of halogens is 3. The number of hydrogen-bond donors (Lipinski definition) is 1. The summed E-state index contributed by atoms with van der Waals surface area (Å²) < 4.78 is 70.1. The first-order chi connectivity index (χ1) is 13.9. The van der Waals surface area contributed by atoms with Gasteiger partial charge in [0.2, 0.25) is 10.0 Å². The van der Waals surface area contributed by atoms with E-state index in [0.29, 0.717) is 22.0 Å². The minimum Gasteiger partial charge on any atom is -0.346 e. The molecule has 1 unspecified atom stereocenters. The Bertz CT molecular complexity index is 1190. The number of fused-ring (bicyclic) bond motifs is 1. The van der Waals surface area contributed by atoms with Gasteiger partial charge >= 0.3 is 6.18 Å². The van der Waals surface area contributed by atoms with Crippen molar-refractivity contribution in [1.82, 2.24) is 9.29 Å². The molecule has 6 nitrogen and oxygen atoms in total. The van der Waals surface area contributed by atoms with Crippen LogP contribution in [0.4, 0.5) is 18.9 Å². The molecule has 0 aliphatic heterocycles. The van der Waals surface area contributed by atoms with Crippen LogP contribution in [0.1, 0.15) is 16.7 Å². The summed E-state index contributed by atoms with van der Waals surface area (Å²) in [6.45, 7) is 4.22. The number of alkyl halides is 3. The molecule has 3 rings (SSSR count). The highest BCUT2D eigenvalue weighted by Gasteiger charge is 2.43. The van der Waals surface area contributed by atoms with Crippen molar-refractivity contribution in [2.45, 2.75) is 44.4 Å². The smallest absolute Gasteiger partial charge is 0.346 e. The molecule has 1 N–H and O–H groups in total. The number of aryl methyl sites for hydroxylation is 3. The van der Waals surface area contributed by atoms with E-state index in [0.717, 1.165) is 5.56 Å². The first kappa shape index (κ1) is 22.0. The van der Waals surface area contributed by atoms with Crippen molar-refractivity contribution in [3.8, 4) is 0 Å². The number of rotatable bonds is 6. The van der Waals surface area contributed by atoms with Crippen molar-refractivity contribution in [2.24, 2.45) is 5.18 Å². The monoisotopic (exact) mass is 439 g/mol. The fraction of sp³-hybridized carbons (Fsp3) is 0.300. The van der Waals surface area contributed by atoms with Gasteiger partial charge in [-0.3, -0.25) is 0 Å². The molecule has 160 valence electrons. The van der Waals surface area contributed by atoms with Crippen LogP contribution in [0.5, 0.6) is 0 Å². The average molecular weight is 439 g/mol. The van der Waals surface area contributed by atoms with Gasteiger partial charge in [0, 0.05) is 23.6 Å². The molecule has 0 saturated heterocycles. The van der Waals surface area contributed by atoms with Gasteiger partial charge in [0.25, 0.3) is 0 Å². The van der Waals surface area contributed by atoms with Crippen LogP contribution in [0.25, 0.3) is 10.9 Å². The lowest BCUT2D eigenvalue weighted by atomic mass is 10.1. The maximum atomic E-state index is 13.7. The van der Waals surface area contributed by atoms with E-state index in [2.05, 4.69) is 5.18 Å². The summed E-state index contributed by atoms with van der Waals surface area (Å²) in [5.74, 6) is 0. The van der Waals surface area contributed by atoms with Crippen molar-refractivity contribution < 1.29 is 21.6 Å². The average Bonchev–Trinajstić information content (AvgIpc) is 3.01. The summed E-state index contributed by atoms with van der Waals surface area (Å²) in [5, 5.41) is 3.33. The second kappa shape index (κ2) is 7.84. The number of nitrogens with zero attached hydrogens (tertiary/aromatic N) is 2. The Balaban J connectivity index is 1.98. The van der Waals surface area contributed by atoms with Crippen LogP contribution < -0.4 is 4.72 Å². The number of benzene rings is 2. The second-order valence-corrected chi connectivity index (χ2v) is 8.90. The number of hydrogen-bond acceptors (Lipinski definition) is 4. The predicted molar refractivity (Wildman–Crippen MR) is 108 cm³/mol. The molecule has 1 heterocycles. The Morgan fingerprint density at radius 2 is 1.70 bits per heavy atom. The van der Waals surface area contributed by atoms with Gasteiger partial charge in [-0.1, -0.05) is 17.7 Å². The number of nitrogens with one attached hydrogen (secondary N) is 1. The lowest BCUT2D eigenvalue weighted by molar-refractivity contribution is -0.154. The SMILES string of the molecule is Cc1cc(C)c(S(=O)(=O)NC(Cn2ccc3cc(N=O)ccc32)C(F)(F)F)c(C)c1. The number of aromatic nitrogens is 1. The lowest BCUT2D eigenvalue weighted by Gasteiger charge is -2.24. The van der Waals surface area contributed by atoms with Crippen LogP contribution in [0.3, 0.4) is 0 Å². The van der Waals surface area contributed by atoms with E-state index in [1.807, 2.05) is 4.72 Å². The minimum absolute atomic E-state index is 0.151. The topological polar surface area (TPSA) is 80.5 Å². The van der Waals surface area contributed by atoms with Crippen molar-refractivity contribution in [3.63, 3.8) is 0 Å². The Morgan fingerprint density at radius 1 is 1.07 bits per heavy atom. The van der Waals surface area contributed by atoms with Gasteiger partial charge in [-0.15, -0.1) is 4.91 Å². The molecule has 2 aromatic carbocycles. The highest BCUT2D eigenvalue weighted by atomic mass is 32.2. The zero-order chi connectivity index (χ0) is 22.3. The van der Waals surface area contributed by atoms with E-state index in [4.69, 9.17) is 0 Å². The molecule has 0 radical (unpaired) electrons. The minimum atomic E-state index is -4.82. The Morgan fingerprint density at radius 3 is 2.27 bits per heavy atom. The summed E-state index contributed by atoms with van der Waals surface area (Å²) in [5.41, 5.74) is 2.15. The van der Waals surface area contributed by atoms with Crippen molar-refractivity contribution in [3.05, 3.63) is 64.2 Å². The van der Waals surface area contributed by atoms with Crippen LogP contribution in [0.2, 0.25) is 0 Å². The van der Waals surface area contributed by atoms with Crippen molar-refractivity contribution in [1.29, 1.82) is 0 Å². The molecular weight excluding hydrogens is 419 g/mol. The van der Waals surface area contributed by atoms with Crippen LogP contribution in [-0.4, -0.2) is 25.2 Å². The predicted octanol–water partition coefficient (Wildman–Crippen LogP) is 4.87. The van der Waals surface area contributed by atoms with E-state index in [1.54, 1.807) is 39.0 Å². The largest absolute Gasteiger partial charge is 0.406 e. The molecule has 0 bridgehead atoms. The summed E-state index contributed by atoms with van der Waals surface area (Å²) in [4.78, 5) is 10.5. The van der Waals surface area contributed by atoms with E-state index in [9.17, 15) is 26.5 Å². The summed E-state index contributed by atoms with van der Waals surface area (Å²) in [6, 6.07) is 6.73. The zero-order valence-corrected chi connectivity index (χ0v) is 17.3. The molecule has 10 heteroatoms. The van der Waals surface area contributed by atoms with Gasteiger partial charge in [0.15, 0.2) is 0 Å². The van der Waals surface area contributed by atoms with E-state index < -0.39 is 28.8 Å². The summed E-state index contributed by atoms with van der Waals surface area (Å²) in [6.07, 6.45) is -3.41. The lowest BCUT2D eigenvalue weighted by Crippen LogP contribution is -2.48. The number of sulfonamides is 1. The highest BCUT2D eigenvalue weighted by molar-refractivity contribution is 7.89. The van der Waals surface area contributed by atoms with Gasteiger partial charge in [-0.25, -0.2) is 8.42 Å². The molecule has 30 heavy (non-hydrogen) atoms. The molecule has 0 amide bonds. The highest BCUT2D eigenvalue weighted by Crippen LogP contribution is 2.28. The third-order valence-electron chi connectivity index (χ3n) is 4.81. The standard InChI is InChI=1S/C20H20F3N3O3S/c1-12-8-13(2)19(14(3)9-12)30(28,29)25-18(20(21,22)23)11-26-7-6-15-10-16(24-27)4-5-17(15)26/h4-10,18,25H,11H2,1-3H3. The Labute approximate surface area is 171 Å². The molecule has 0 saturated carbocycles. The van der Waals surface area contributed by atoms with Gasteiger partial charge in [0.05, 0.1) is 4.90 Å². The molecule has 0 aliphatic carbocycles. The summed E-state index contributed by atoms with van der Waals surface area (Å²) >= 11 is 0. The Kier molecular flexibility index (Phi) is 5.74. The first-order valence-electron chi connectivity index (χ1n) is 9.01. The molecule has 0 aliphatic rings. The van der Waals surface area contributed by atoms with Crippen LogP contribution >= 0.6 is 0 Å². The molecule has 1 aromatic heterocycles. The Hall–Kier alpha value is -2.72. The third-order valence-corrected chi connectivity index (χ3v) is 6.58. The molecular formula is C20H20F3N3O3S. The third kappa shape index (κ3) is 4.39. The van der Waals surface area contributed by atoms with Gasteiger partial charge in [-0.05, 0) is 61.3 Å².